The predicted octanol–water partition coefficient (Wildman–Crippen LogP) is 3.46. The average Bonchev–Trinajstić information content (AvgIpc) is 2.84. The van der Waals surface area contributed by atoms with Crippen LogP contribution in [0.1, 0.15) is 35.9 Å². The van der Waals surface area contributed by atoms with Gasteiger partial charge in [-0.1, -0.05) is 6.92 Å². The summed E-state index contributed by atoms with van der Waals surface area (Å²) in [5.41, 5.74) is 0. The molecule has 0 N–H and O–H groups in total. The van der Waals surface area contributed by atoms with Crippen molar-refractivity contribution in [2.45, 2.75) is 32.2 Å². The number of carbonyl (C=O) groups excluding carboxylic acids is 1. The minimum atomic E-state index is 0.149. The molecule has 19 heavy (non-hydrogen) atoms. The van der Waals surface area contributed by atoms with Crippen LogP contribution in [0.3, 0.4) is 0 Å². The van der Waals surface area contributed by atoms with Crippen LogP contribution < -0.4 is 0 Å². The molecule has 106 valence electrons. The fraction of sp³-hybridized carbons (Fsp3) is 0.643. The van der Waals surface area contributed by atoms with Gasteiger partial charge in [0.25, 0.3) is 5.91 Å². The van der Waals surface area contributed by atoms with Gasteiger partial charge in [0.2, 0.25) is 0 Å². The average molecular weight is 345 g/mol. The standard InChI is InChI=1S/C14H21BrN2OS/c1-3-7-17-8-4-11(5-9-17)16(2)14(18)13-12(15)6-10-19-13/h6,10-11H,3-5,7-9H2,1-2H3. The van der Waals surface area contributed by atoms with Crippen molar-refractivity contribution in [2.75, 3.05) is 26.7 Å². The second-order valence-electron chi connectivity index (χ2n) is 5.09. The highest BCUT2D eigenvalue weighted by molar-refractivity contribution is 9.10. The molecule has 2 rings (SSSR count). The molecule has 1 saturated heterocycles. The third-order valence-corrected chi connectivity index (χ3v) is 5.60. The summed E-state index contributed by atoms with van der Waals surface area (Å²) in [6.07, 6.45) is 3.39. The Bertz CT molecular complexity index is 427. The Morgan fingerprint density at radius 3 is 2.74 bits per heavy atom. The van der Waals surface area contributed by atoms with Crippen LogP contribution in [-0.4, -0.2) is 48.4 Å². The number of piperidine rings is 1. The Hall–Kier alpha value is -0.390. The highest BCUT2D eigenvalue weighted by atomic mass is 79.9. The van der Waals surface area contributed by atoms with Gasteiger partial charge in [-0.2, -0.15) is 0 Å². The van der Waals surface area contributed by atoms with Gasteiger partial charge in [-0.05, 0) is 53.2 Å². The molecule has 1 aromatic rings. The van der Waals surface area contributed by atoms with Crippen LogP contribution in [0.4, 0.5) is 0 Å². The molecule has 0 spiro atoms. The zero-order valence-electron chi connectivity index (χ0n) is 11.6. The van der Waals surface area contributed by atoms with Gasteiger partial charge in [0.1, 0.15) is 4.88 Å². The number of likely N-dealkylation sites (tertiary alicyclic amines) is 1. The molecular weight excluding hydrogens is 324 g/mol. The molecule has 0 bridgehead atoms. The molecule has 0 atom stereocenters. The molecule has 3 nitrogen and oxygen atoms in total. The molecule has 0 aliphatic carbocycles. The van der Waals surface area contributed by atoms with E-state index in [-0.39, 0.29) is 5.91 Å². The van der Waals surface area contributed by atoms with E-state index < -0.39 is 0 Å². The third-order valence-electron chi connectivity index (χ3n) is 3.78. The van der Waals surface area contributed by atoms with E-state index in [9.17, 15) is 4.79 Å². The van der Waals surface area contributed by atoms with Gasteiger partial charge < -0.3 is 9.80 Å². The summed E-state index contributed by atoms with van der Waals surface area (Å²) >= 11 is 4.95. The minimum Gasteiger partial charge on any atom is -0.338 e. The van der Waals surface area contributed by atoms with Crippen molar-refractivity contribution in [2.24, 2.45) is 0 Å². The second kappa shape index (κ2) is 6.86. The molecular formula is C14H21BrN2OS. The number of amides is 1. The minimum absolute atomic E-state index is 0.149. The maximum absolute atomic E-state index is 12.4. The van der Waals surface area contributed by atoms with Gasteiger partial charge in [0.15, 0.2) is 0 Å². The summed E-state index contributed by atoms with van der Waals surface area (Å²) in [7, 11) is 1.94. The molecule has 1 aromatic heterocycles. The molecule has 1 amide bonds. The van der Waals surface area contributed by atoms with E-state index in [2.05, 4.69) is 27.8 Å². The number of hydrogen-bond acceptors (Lipinski definition) is 3. The number of carbonyl (C=O) groups is 1. The molecule has 1 aliphatic heterocycles. The Balaban J connectivity index is 1.92. The summed E-state index contributed by atoms with van der Waals surface area (Å²) in [5.74, 6) is 0.149. The van der Waals surface area contributed by atoms with E-state index in [1.165, 1.54) is 24.3 Å². The Labute approximate surface area is 127 Å². The first kappa shape index (κ1) is 15.0. The highest BCUT2D eigenvalue weighted by Crippen LogP contribution is 2.26. The summed E-state index contributed by atoms with van der Waals surface area (Å²) < 4.78 is 0.915. The Morgan fingerprint density at radius 2 is 2.21 bits per heavy atom. The maximum atomic E-state index is 12.4. The van der Waals surface area contributed by atoms with Crippen molar-refractivity contribution in [3.63, 3.8) is 0 Å². The van der Waals surface area contributed by atoms with E-state index >= 15 is 0 Å². The van der Waals surface area contributed by atoms with Crippen molar-refractivity contribution in [3.05, 3.63) is 20.8 Å². The van der Waals surface area contributed by atoms with Crippen LogP contribution in [0, 0.1) is 0 Å². The molecule has 0 radical (unpaired) electrons. The van der Waals surface area contributed by atoms with Gasteiger partial charge in [-0.25, -0.2) is 0 Å². The first-order chi connectivity index (χ1) is 9.13. The second-order valence-corrected chi connectivity index (χ2v) is 6.86. The van der Waals surface area contributed by atoms with Crippen LogP contribution in [0.2, 0.25) is 0 Å². The SMILES string of the molecule is CCCN1CCC(N(C)C(=O)c2sccc2Br)CC1. The largest absolute Gasteiger partial charge is 0.338 e. The molecule has 5 heteroatoms. The zero-order valence-corrected chi connectivity index (χ0v) is 14.0. The molecule has 2 heterocycles. The van der Waals surface area contributed by atoms with Crippen molar-refractivity contribution < 1.29 is 4.79 Å². The lowest BCUT2D eigenvalue weighted by molar-refractivity contribution is 0.0646. The van der Waals surface area contributed by atoms with Gasteiger partial charge in [0, 0.05) is 30.7 Å². The number of hydrogen-bond donors (Lipinski definition) is 0. The van der Waals surface area contributed by atoms with Crippen molar-refractivity contribution in [3.8, 4) is 0 Å². The highest BCUT2D eigenvalue weighted by Gasteiger charge is 2.26. The van der Waals surface area contributed by atoms with Crippen LogP contribution >= 0.6 is 27.3 Å². The summed E-state index contributed by atoms with van der Waals surface area (Å²) in [6, 6.07) is 2.32. The number of thiophene rings is 1. The van der Waals surface area contributed by atoms with Crippen LogP contribution in [0.15, 0.2) is 15.9 Å². The lowest BCUT2D eigenvalue weighted by Gasteiger charge is -2.36. The quantitative estimate of drug-likeness (QED) is 0.834. The lowest BCUT2D eigenvalue weighted by atomic mass is 10.0. The number of nitrogens with zero attached hydrogens (tertiary/aromatic N) is 2. The monoisotopic (exact) mass is 344 g/mol. The van der Waals surface area contributed by atoms with E-state index in [4.69, 9.17) is 0 Å². The maximum Gasteiger partial charge on any atom is 0.265 e. The topological polar surface area (TPSA) is 23.6 Å². The van der Waals surface area contributed by atoms with Gasteiger partial charge >= 0.3 is 0 Å². The lowest BCUT2D eigenvalue weighted by Crippen LogP contribution is -2.45. The first-order valence-electron chi connectivity index (χ1n) is 6.86. The molecule has 1 aliphatic rings. The summed E-state index contributed by atoms with van der Waals surface area (Å²) in [4.78, 5) is 17.7. The summed E-state index contributed by atoms with van der Waals surface area (Å²) in [5, 5.41) is 1.95. The fourth-order valence-corrected chi connectivity index (χ4v) is 4.14. The van der Waals surface area contributed by atoms with Crippen LogP contribution in [0.25, 0.3) is 0 Å². The molecule has 0 saturated carbocycles. The molecule has 1 fully saturated rings. The number of halogens is 1. The predicted molar refractivity (Wildman–Crippen MR) is 83.9 cm³/mol. The van der Waals surface area contributed by atoms with Crippen LogP contribution in [0.5, 0.6) is 0 Å². The van der Waals surface area contributed by atoms with E-state index in [0.717, 1.165) is 35.3 Å². The van der Waals surface area contributed by atoms with E-state index in [0.29, 0.717) is 6.04 Å². The van der Waals surface area contributed by atoms with Crippen molar-refractivity contribution in [1.29, 1.82) is 0 Å². The molecule has 0 aromatic carbocycles. The van der Waals surface area contributed by atoms with Gasteiger partial charge in [-0.15, -0.1) is 11.3 Å². The number of rotatable bonds is 4. The van der Waals surface area contributed by atoms with Crippen LogP contribution in [-0.2, 0) is 0 Å². The zero-order chi connectivity index (χ0) is 13.8. The smallest absolute Gasteiger partial charge is 0.265 e. The Morgan fingerprint density at radius 1 is 1.53 bits per heavy atom. The van der Waals surface area contributed by atoms with E-state index in [1.807, 2.05) is 23.4 Å². The van der Waals surface area contributed by atoms with Gasteiger partial charge in [0.05, 0.1) is 0 Å². The molecule has 0 unspecified atom stereocenters. The fourth-order valence-electron chi connectivity index (χ4n) is 2.62. The first-order valence-corrected chi connectivity index (χ1v) is 8.53. The Kier molecular flexibility index (Phi) is 5.42. The van der Waals surface area contributed by atoms with Gasteiger partial charge in [-0.3, -0.25) is 4.79 Å². The third kappa shape index (κ3) is 3.58. The van der Waals surface area contributed by atoms with Crippen molar-refractivity contribution in [1.82, 2.24) is 9.80 Å². The van der Waals surface area contributed by atoms with E-state index in [1.54, 1.807) is 0 Å². The van der Waals surface area contributed by atoms with Crippen molar-refractivity contribution >= 4 is 33.2 Å². The normalized spacial score (nSPS) is 17.6. The summed E-state index contributed by atoms with van der Waals surface area (Å²) in [6.45, 7) is 5.63.